The van der Waals surface area contributed by atoms with E-state index >= 15 is 0 Å². The molecule has 1 heterocycles. The number of nitrogens with zero attached hydrogens (tertiary/aromatic N) is 2. The van der Waals surface area contributed by atoms with Gasteiger partial charge in [0.1, 0.15) is 12.4 Å². The van der Waals surface area contributed by atoms with Gasteiger partial charge in [-0.05, 0) is 23.6 Å². The number of aryl methyl sites for hydroxylation is 1. The molecule has 0 bridgehead atoms. The molecule has 0 radical (unpaired) electrons. The molecule has 16 heavy (non-hydrogen) atoms. The summed E-state index contributed by atoms with van der Waals surface area (Å²) in [5, 5.41) is 10.1. The van der Waals surface area contributed by atoms with Gasteiger partial charge < -0.3 is 5.11 Å². The molecule has 0 aliphatic rings. The predicted molar refractivity (Wildman–Crippen MR) is 61.9 cm³/mol. The molecule has 1 aromatic carbocycles. The minimum absolute atomic E-state index is 0.624. The van der Waals surface area contributed by atoms with Gasteiger partial charge in [-0.3, -0.25) is 0 Å². The van der Waals surface area contributed by atoms with E-state index in [4.69, 9.17) is 0 Å². The third kappa shape index (κ3) is 2.25. The Balaban J connectivity index is 2.24. The third-order valence-corrected chi connectivity index (χ3v) is 2.59. The van der Waals surface area contributed by atoms with Crippen LogP contribution in [0.3, 0.4) is 0 Å². The number of hydrogen-bond acceptors (Lipinski definition) is 3. The summed E-state index contributed by atoms with van der Waals surface area (Å²) in [4.78, 5) is 7.86. The van der Waals surface area contributed by atoms with Gasteiger partial charge in [0.15, 0.2) is 0 Å². The van der Waals surface area contributed by atoms with Crippen molar-refractivity contribution in [1.29, 1.82) is 0 Å². The lowest BCUT2D eigenvalue weighted by atomic mass is 10.0. The van der Waals surface area contributed by atoms with Crippen molar-refractivity contribution >= 4 is 0 Å². The monoisotopic (exact) mass is 214 g/mol. The van der Waals surface area contributed by atoms with Crippen molar-refractivity contribution in [2.45, 2.75) is 19.4 Å². The van der Waals surface area contributed by atoms with Crippen molar-refractivity contribution in [3.8, 4) is 0 Å². The summed E-state index contributed by atoms with van der Waals surface area (Å²) in [6, 6.07) is 9.65. The van der Waals surface area contributed by atoms with Crippen molar-refractivity contribution in [2.75, 3.05) is 0 Å². The van der Waals surface area contributed by atoms with Crippen LogP contribution in [0.5, 0.6) is 0 Å². The van der Waals surface area contributed by atoms with E-state index in [0.717, 1.165) is 12.0 Å². The normalized spacial score (nSPS) is 12.4. The van der Waals surface area contributed by atoms with Gasteiger partial charge in [-0.15, -0.1) is 0 Å². The summed E-state index contributed by atoms with van der Waals surface area (Å²) >= 11 is 0. The molecule has 1 aromatic heterocycles. The number of rotatable bonds is 3. The van der Waals surface area contributed by atoms with E-state index in [2.05, 4.69) is 16.9 Å². The molecule has 0 saturated carbocycles. The van der Waals surface area contributed by atoms with Crippen LogP contribution in [0.25, 0.3) is 0 Å². The lowest BCUT2D eigenvalue weighted by Gasteiger charge is -2.10. The molecule has 2 aromatic rings. The van der Waals surface area contributed by atoms with Gasteiger partial charge in [0.2, 0.25) is 0 Å². The van der Waals surface area contributed by atoms with Gasteiger partial charge in [-0.2, -0.15) is 0 Å². The highest BCUT2D eigenvalue weighted by atomic mass is 16.3. The number of benzene rings is 1. The highest BCUT2D eigenvalue weighted by Crippen LogP contribution is 2.19. The zero-order chi connectivity index (χ0) is 11.4. The molecule has 3 heteroatoms. The largest absolute Gasteiger partial charge is 0.382 e. The summed E-state index contributed by atoms with van der Waals surface area (Å²) < 4.78 is 0. The Bertz CT molecular complexity index is 439. The molecule has 0 spiro atoms. The molecule has 0 aliphatic heterocycles. The van der Waals surface area contributed by atoms with Crippen molar-refractivity contribution in [2.24, 2.45) is 0 Å². The first-order chi connectivity index (χ1) is 7.81. The van der Waals surface area contributed by atoms with Gasteiger partial charge in [0.05, 0.1) is 5.69 Å². The van der Waals surface area contributed by atoms with Crippen LogP contribution in [0.15, 0.2) is 42.9 Å². The van der Waals surface area contributed by atoms with E-state index < -0.39 is 6.10 Å². The van der Waals surface area contributed by atoms with Gasteiger partial charge >= 0.3 is 0 Å². The smallest absolute Gasteiger partial charge is 0.121 e. The van der Waals surface area contributed by atoms with E-state index in [0.29, 0.717) is 5.69 Å². The lowest BCUT2D eigenvalue weighted by Crippen LogP contribution is -2.02. The Morgan fingerprint density at radius 3 is 2.50 bits per heavy atom. The molecule has 0 amide bonds. The average molecular weight is 214 g/mol. The molecular weight excluding hydrogens is 200 g/mol. The fourth-order valence-corrected chi connectivity index (χ4v) is 1.57. The maximum absolute atomic E-state index is 10.1. The highest BCUT2D eigenvalue weighted by molar-refractivity contribution is 5.28. The van der Waals surface area contributed by atoms with Crippen LogP contribution in [0.4, 0.5) is 0 Å². The molecular formula is C13H14N2O. The maximum atomic E-state index is 10.1. The fraction of sp³-hybridized carbons (Fsp3) is 0.231. The first kappa shape index (κ1) is 10.8. The Kier molecular flexibility index (Phi) is 3.27. The molecule has 0 saturated heterocycles. The Labute approximate surface area is 94.8 Å². The van der Waals surface area contributed by atoms with Gasteiger partial charge in [0, 0.05) is 6.20 Å². The highest BCUT2D eigenvalue weighted by Gasteiger charge is 2.10. The predicted octanol–water partition coefficient (Wildman–Crippen LogP) is 2.12. The van der Waals surface area contributed by atoms with Crippen molar-refractivity contribution < 1.29 is 5.11 Å². The van der Waals surface area contributed by atoms with Crippen LogP contribution in [0, 0.1) is 0 Å². The fourth-order valence-electron chi connectivity index (χ4n) is 1.57. The van der Waals surface area contributed by atoms with Crippen LogP contribution >= 0.6 is 0 Å². The maximum Gasteiger partial charge on any atom is 0.121 e. The number of hydrogen-bond donors (Lipinski definition) is 1. The van der Waals surface area contributed by atoms with Crippen LogP contribution in [0.2, 0.25) is 0 Å². The van der Waals surface area contributed by atoms with Crippen molar-refractivity contribution in [3.63, 3.8) is 0 Å². The Hall–Kier alpha value is -1.74. The number of aromatic nitrogens is 2. The number of aliphatic hydroxyl groups is 1. The summed E-state index contributed by atoms with van der Waals surface area (Å²) in [7, 11) is 0. The van der Waals surface area contributed by atoms with E-state index in [-0.39, 0.29) is 0 Å². The Morgan fingerprint density at radius 2 is 1.94 bits per heavy atom. The lowest BCUT2D eigenvalue weighted by molar-refractivity contribution is 0.215. The third-order valence-electron chi connectivity index (χ3n) is 2.59. The second kappa shape index (κ2) is 4.86. The van der Waals surface area contributed by atoms with Gasteiger partial charge in [-0.25, -0.2) is 9.97 Å². The van der Waals surface area contributed by atoms with Crippen molar-refractivity contribution in [3.05, 3.63) is 59.7 Å². The molecule has 82 valence electrons. The molecule has 0 aliphatic carbocycles. The first-order valence-electron chi connectivity index (χ1n) is 5.34. The first-order valence-corrected chi connectivity index (χ1v) is 5.34. The van der Waals surface area contributed by atoms with Crippen LogP contribution in [0.1, 0.15) is 29.8 Å². The number of aliphatic hydroxyl groups excluding tert-OH is 1. The van der Waals surface area contributed by atoms with E-state index in [1.807, 2.05) is 24.3 Å². The minimum atomic E-state index is -0.672. The average Bonchev–Trinajstić information content (AvgIpc) is 2.39. The van der Waals surface area contributed by atoms with E-state index in [9.17, 15) is 5.11 Å². The quantitative estimate of drug-likeness (QED) is 0.851. The molecule has 0 fully saturated rings. The second-order valence-corrected chi connectivity index (χ2v) is 3.63. The van der Waals surface area contributed by atoms with Crippen LogP contribution in [-0.4, -0.2) is 15.1 Å². The molecule has 1 atom stereocenters. The van der Waals surface area contributed by atoms with Crippen LogP contribution < -0.4 is 0 Å². The topological polar surface area (TPSA) is 46.0 Å². The summed E-state index contributed by atoms with van der Waals surface area (Å²) in [6.07, 6.45) is 3.41. The zero-order valence-electron chi connectivity index (χ0n) is 9.17. The SMILES string of the molecule is CCc1ccc(C(O)c2ccncn2)cc1. The molecule has 3 nitrogen and oxygen atoms in total. The van der Waals surface area contributed by atoms with Gasteiger partial charge in [0.25, 0.3) is 0 Å². The van der Waals surface area contributed by atoms with E-state index in [1.165, 1.54) is 11.9 Å². The summed E-state index contributed by atoms with van der Waals surface area (Å²) in [5.41, 5.74) is 2.74. The van der Waals surface area contributed by atoms with Crippen molar-refractivity contribution in [1.82, 2.24) is 9.97 Å². The molecule has 2 rings (SSSR count). The van der Waals surface area contributed by atoms with E-state index in [1.54, 1.807) is 12.3 Å². The minimum Gasteiger partial charge on any atom is -0.382 e. The van der Waals surface area contributed by atoms with Crippen LogP contribution in [-0.2, 0) is 6.42 Å². The Morgan fingerprint density at radius 1 is 1.19 bits per heavy atom. The zero-order valence-corrected chi connectivity index (χ0v) is 9.17. The molecule has 1 unspecified atom stereocenters. The summed E-state index contributed by atoms with van der Waals surface area (Å²) in [6.45, 7) is 2.11. The van der Waals surface area contributed by atoms with Gasteiger partial charge in [-0.1, -0.05) is 31.2 Å². The second-order valence-electron chi connectivity index (χ2n) is 3.63. The standard InChI is InChI=1S/C13H14N2O/c1-2-10-3-5-11(6-4-10)13(16)12-7-8-14-9-15-12/h3-9,13,16H,2H2,1H3. The summed E-state index contributed by atoms with van der Waals surface area (Å²) in [5.74, 6) is 0. The molecule has 1 N–H and O–H groups in total.